The van der Waals surface area contributed by atoms with E-state index in [1.807, 2.05) is 5.32 Å². The number of carbonyl (C=O) groups excluding carboxylic acids is 2. The number of ether oxygens (including phenoxy) is 1. The Labute approximate surface area is 169 Å². The maximum absolute atomic E-state index is 14.3. The highest BCUT2D eigenvalue weighted by atomic mass is 19.3. The standard InChI is InChI=1S/C19H18F3N5O3/c1-10-7-12(30-6-5-23)9-25-15(10)16(28)26-11-3-4-14(20)13(8-11)19(2,17(21)22)27-18(24)29/h3-4,7-9,17H,6H2,1-2H3,(H,26,28)(H3,24,27,29). The topological polar surface area (TPSA) is 130 Å². The van der Waals surface area contributed by atoms with E-state index < -0.39 is 35.3 Å². The van der Waals surface area contributed by atoms with Crippen LogP contribution in [-0.2, 0) is 5.54 Å². The van der Waals surface area contributed by atoms with Crippen LogP contribution in [0.1, 0.15) is 28.5 Å². The summed E-state index contributed by atoms with van der Waals surface area (Å²) < 4.78 is 46.5. The Morgan fingerprint density at radius 3 is 2.63 bits per heavy atom. The summed E-state index contributed by atoms with van der Waals surface area (Å²) in [5, 5.41) is 12.8. The minimum Gasteiger partial charge on any atom is -0.477 e. The van der Waals surface area contributed by atoms with Gasteiger partial charge in [0.25, 0.3) is 12.3 Å². The van der Waals surface area contributed by atoms with Gasteiger partial charge in [-0.15, -0.1) is 0 Å². The highest BCUT2D eigenvalue weighted by Crippen LogP contribution is 2.32. The third kappa shape index (κ3) is 4.96. The van der Waals surface area contributed by atoms with Gasteiger partial charge in [-0.1, -0.05) is 0 Å². The molecule has 8 nitrogen and oxygen atoms in total. The number of hydrogen-bond acceptors (Lipinski definition) is 5. The number of pyridine rings is 1. The molecule has 1 atom stereocenters. The van der Waals surface area contributed by atoms with Gasteiger partial charge in [-0.25, -0.2) is 22.9 Å². The van der Waals surface area contributed by atoms with E-state index in [1.165, 1.54) is 18.3 Å². The summed E-state index contributed by atoms with van der Waals surface area (Å²) >= 11 is 0. The van der Waals surface area contributed by atoms with E-state index in [9.17, 15) is 22.8 Å². The van der Waals surface area contributed by atoms with Crippen LogP contribution < -0.4 is 21.1 Å². The fourth-order valence-corrected chi connectivity index (χ4v) is 2.67. The van der Waals surface area contributed by atoms with Gasteiger partial charge in [0.1, 0.15) is 28.9 Å². The van der Waals surface area contributed by atoms with Gasteiger partial charge < -0.3 is 21.1 Å². The van der Waals surface area contributed by atoms with Gasteiger partial charge in [0.05, 0.1) is 6.20 Å². The molecule has 1 aromatic heterocycles. The molecule has 0 aliphatic rings. The van der Waals surface area contributed by atoms with Crippen LogP contribution in [-0.4, -0.2) is 30.0 Å². The average Bonchev–Trinajstić information content (AvgIpc) is 2.67. The molecule has 158 valence electrons. The molecule has 4 N–H and O–H groups in total. The number of nitrogens with one attached hydrogen (secondary N) is 2. The fraction of sp³-hybridized carbons (Fsp3) is 0.263. The molecule has 2 aromatic rings. The molecule has 3 amide bonds. The van der Waals surface area contributed by atoms with Crippen molar-refractivity contribution >= 4 is 17.6 Å². The number of aryl methyl sites for hydroxylation is 1. The summed E-state index contributed by atoms with van der Waals surface area (Å²) in [7, 11) is 0. The molecule has 0 aliphatic carbocycles. The highest BCUT2D eigenvalue weighted by Gasteiger charge is 2.40. The number of primary amides is 1. The Morgan fingerprint density at radius 2 is 2.07 bits per heavy atom. The number of carbonyl (C=O) groups is 2. The van der Waals surface area contributed by atoms with Crippen LogP contribution in [0.25, 0.3) is 0 Å². The van der Waals surface area contributed by atoms with E-state index in [1.54, 1.807) is 13.0 Å². The molecule has 0 fully saturated rings. The van der Waals surface area contributed by atoms with Crippen molar-refractivity contribution in [2.45, 2.75) is 25.8 Å². The Balaban J connectivity index is 2.32. The number of nitrogens with zero attached hydrogens (tertiary/aromatic N) is 2. The summed E-state index contributed by atoms with van der Waals surface area (Å²) in [4.78, 5) is 27.6. The molecule has 30 heavy (non-hydrogen) atoms. The number of hydrogen-bond donors (Lipinski definition) is 3. The van der Waals surface area contributed by atoms with Crippen LogP contribution in [0.15, 0.2) is 30.5 Å². The summed E-state index contributed by atoms with van der Waals surface area (Å²) in [6, 6.07) is 5.08. The van der Waals surface area contributed by atoms with Gasteiger partial charge in [0.15, 0.2) is 6.61 Å². The lowest BCUT2D eigenvalue weighted by molar-refractivity contribution is 0.0433. The van der Waals surface area contributed by atoms with Crippen molar-refractivity contribution in [3.63, 3.8) is 0 Å². The largest absolute Gasteiger partial charge is 0.477 e. The predicted octanol–water partition coefficient (Wildman–Crippen LogP) is 2.83. The van der Waals surface area contributed by atoms with E-state index in [0.29, 0.717) is 11.3 Å². The molecule has 1 aromatic carbocycles. The number of urea groups is 1. The maximum Gasteiger partial charge on any atom is 0.313 e. The van der Waals surface area contributed by atoms with Crippen molar-refractivity contribution in [3.05, 3.63) is 53.1 Å². The first-order valence-corrected chi connectivity index (χ1v) is 8.52. The van der Waals surface area contributed by atoms with Crippen LogP contribution in [0.4, 0.5) is 23.7 Å². The number of amides is 3. The van der Waals surface area contributed by atoms with Gasteiger partial charge in [0.2, 0.25) is 0 Å². The van der Waals surface area contributed by atoms with E-state index in [0.717, 1.165) is 19.1 Å². The molecular formula is C19H18F3N5O3. The van der Waals surface area contributed by atoms with Gasteiger partial charge in [0, 0.05) is 11.3 Å². The molecular weight excluding hydrogens is 403 g/mol. The zero-order chi connectivity index (χ0) is 22.5. The molecule has 11 heteroatoms. The number of halogens is 3. The van der Waals surface area contributed by atoms with E-state index in [-0.39, 0.29) is 18.0 Å². The first kappa shape index (κ1) is 22.5. The SMILES string of the molecule is Cc1cc(OCC#N)cnc1C(=O)Nc1ccc(F)c(C(C)(NC(N)=O)C(F)F)c1. The van der Waals surface area contributed by atoms with Crippen molar-refractivity contribution in [3.8, 4) is 11.8 Å². The van der Waals surface area contributed by atoms with Crippen LogP contribution in [0, 0.1) is 24.1 Å². The minimum atomic E-state index is -3.18. The zero-order valence-electron chi connectivity index (χ0n) is 16.0. The number of benzene rings is 1. The molecule has 0 spiro atoms. The first-order valence-electron chi connectivity index (χ1n) is 8.52. The molecule has 1 unspecified atom stereocenters. The van der Waals surface area contributed by atoms with E-state index >= 15 is 0 Å². The van der Waals surface area contributed by atoms with Gasteiger partial charge in [-0.05, 0) is 43.7 Å². The summed E-state index contributed by atoms with van der Waals surface area (Å²) in [5.74, 6) is -1.41. The molecule has 0 bridgehead atoms. The molecule has 0 saturated carbocycles. The zero-order valence-corrected chi connectivity index (χ0v) is 16.0. The van der Waals surface area contributed by atoms with Gasteiger partial charge in [-0.2, -0.15) is 5.26 Å². The van der Waals surface area contributed by atoms with E-state index in [4.69, 9.17) is 15.7 Å². The molecule has 0 saturated heterocycles. The average molecular weight is 421 g/mol. The Bertz CT molecular complexity index is 1010. The van der Waals surface area contributed by atoms with Crippen molar-refractivity contribution < 1.29 is 27.5 Å². The third-order valence-electron chi connectivity index (χ3n) is 4.17. The fourth-order valence-electron chi connectivity index (χ4n) is 2.67. The Hall–Kier alpha value is -3.81. The number of anilines is 1. The van der Waals surface area contributed by atoms with Crippen molar-refractivity contribution in [1.82, 2.24) is 10.3 Å². The monoisotopic (exact) mass is 421 g/mol. The lowest BCUT2D eigenvalue weighted by Crippen LogP contribution is -2.51. The number of aromatic nitrogens is 1. The lowest BCUT2D eigenvalue weighted by Gasteiger charge is -2.30. The molecule has 2 rings (SSSR count). The predicted molar refractivity (Wildman–Crippen MR) is 101 cm³/mol. The highest BCUT2D eigenvalue weighted by molar-refractivity contribution is 6.03. The quantitative estimate of drug-likeness (QED) is 0.633. The van der Waals surface area contributed by atoms with Crippen molar-refractivity contribution in [2.75, 3.05) is 11.9 Å². The Kier molecular flexibility index (Phi) is 6.84. The number of nitrogens with two attached hydrogens (primary N) is 1. The number of alkyl halides is 2. The van der Waals surface area contributed by atoms with Crippen LogP contribution in [0.5, 0.6) is 5.75 Å². The Morgan fingerprint density at radius 1 is 1.37 bits per heavy atom. The van der Waals surface area contributed by atoms with Crippen molar-refractivity contribution in [2.24, 2.45) is 5.73 Å². The third-order valence-corrected chi connectivity index (χ3v) is 4.17. The molecule has 0 radical (unpaired) electrons. The smallest absolute Gasteiger partial charge is 0.313 e. The summed E-state index contributed by atoms with van der Waals surface area (Å²) in [6.45, 7) is 2.31. The number of nitriles is 1. The second-order valence-electron chi connectivity index (χ2n) is 6.42. The second-order valence-corrected chi connectivity index (χ2v) is 6.42. The van der Waals surface area contributed by atoms with Crippen LogP contribution >= 0.6 is 0 Å². The van der Waals surface area contributed by atoms with Crippen LogP contribution in [0.3, 0.4) is 0 Å². The first-order chi connectivity index (χ1) is 14.1. The van der Waals surface area contributed by atoms with Crippen LogP contribution in [0.2, 0.25) is 0 Å². The van der Waals surface area contributed by atoms with Gasteiger partial charge >= 0.3 is 6.03 Å². The summed E-state index contributed by atoms with van der Waals surface area (Å²) in [5.41, 5.74) is 2.42. The minimum absolute atomic E-state index is 0.000512. The van der Waals surface area contributed by atoms with Gasteiger partial charge in [-0.3, -0.25) is 4.79 Å². The summed E-state index contributed by atoms with van der Waals surface area (Å²) in [6.07, 6.45) is -1.93. The molecule has 0 aliphatic heterocycles. The van der Waals surface area contributed by atoms with E-state index in [2.05, 4.69) is 10.3 Å². The normalized spacial score (nSPS) is 12.6. The lowest BCUT2D eigenvalue weighted by atomic mass is 9.91. The number of rotatable bonds is 7. The van der Waals surface area contributed by atoms with Crippen molar-refractivity contribution in [1.29, 1.82) is 5.26 Å². The molecule has 1 heterocycles. The second kappa shape index (κ2) is 9.13. The maximum atomic E-state index is 14.3.